The summed E-state index contributed by atoms with van der Waals surface area (Å²) in [7, 11) is 1.83. The molecule has 90 valence electrons. The van der Waals surface area contributed by atoms with E-state index >= 15 is 0 Å². The number of nitrogens with two attached hydrogens (primary N) is 1. The van der Waals surface area contributed by atoms with Gasteiger partial charge in [0, 0.05) is 31.4 Å². The van der Waals surface area contributed by atoms with Crippen LogP contribution >= 0.6 is 0 Å². The molecule has 0 aliphatic carbocycles. The van der Waals surface area contributed by atoms with Gasteiger partial charge in [0.25, 0.3) is 0 Å². The molecule has 0 aliphatic heterocycles. The van der Waals surface area contributed by atoms with Crippen LogP contribution in [0.15, 0.2) is 24.4 Å². The highest BCUT2D eigenvalue weighted by atomic mass is 16.5. The quantitative estimate of drug-likeness (QED) is 0.878. The van der Waals surface area contributed by atoms with Gasteiger partial charge in [0.05, 0.1) is 5.69 Å². The molecule has 0 aliphatic rings. The molecule has 0 saturated carbocycles. The van der Waals surface area contributed by atoms with Crippen molar-refractivity contribution in [1.29, 1.82) is 0 Å². The Hall–Kier alpha value is -1.88. The van der Waals surface area contributed by atoms with E-state index in [2.05, 4.69) is 10.1 Å². The van der Waals surface area contributed by atoms with Crippen molar-refractivity contribution in [3.63, 3.8) is 0 Å². The van der Waals surface area contributed by atoms with Crippen molar-refractivity contribution >= 4 is 0 Å². The average molecular weight is 232 g/mol. The smallest absolute Gasteiger partial charge is 0.221 e. The summed E-state index contributed by atoms with van der Waals surface area (Å²) < 4.78 is 7.29. The standard InChI is InChI=1S/C12H16N4O/c1-8-6-12(16(3)15-8)17-11-5-4-10(7-14-11)9(2)13/h4-7,9H,13H2,1-3H3/t9-/m0/s1. The second-order valence-electron chi connectivity index (χ2n) is 4.07. The molecule has 0 amide bonds. The van der Waals surface area contributed by atoms with Gasteiger partial charge in [0.2, 0.25) is 11.8 Å². The van der Waals surface area contributed by atoms with Crippen LogP contribution in [0.1, 0.15) is 24.2 Å². The molecule has 2 rings (SSSR count). The molecule has 0 radical (unpaired) electrons. The van der Waals surface area contributed by atoms with Crippen molar-refractivity contribution in [3.8, 4) is 11.8 Å². The molecular weight excluding hydrogens is 216 g/mol. The molecule has 17 heavy (non-hydrogen) atoms. The van der Waals surface area contributed by atoms with Gasteiger partial charge in [-0.2, -0.15) is 5.10 Å². The van der Waals surface area contributed by atoms with Gasteiger partial charge in [-0.05, 0) is 19.4 Å². The van der Waals surface area contributed by atoms with Crippen molar-refractivity contribution < 1.29 is 4.74 Å². The summed E-state index contributed by atoms with van der Waals surface area (Å²) in [5.74, 6) is 1.21. The summed E-state index contributed by atoms with van der Waals surface area (Å²) in [4.78, 5) is 4.20. The van der Waals surface area contributed by atoms with Crippen LogP contribution < -0.4 is 10.5 Å². The molecule has 2 N–H and O–H groups in total. The molecule has 0 aromatic carbocycles. The number of aryl methyl sites for hydroxylation is 2. The van der Waals surface area contributed by atoms with Crippen LogP contribution in [0.3, 0.4) is 0 Å². The molecule has 1 atom stereocenters. The normalized spacial score (nSPS) is 12.5. The van der Waals surface area contributed by atoms with Crippen molar-refractivity contribution in [2.24, 2.45) is 12.8 Å². The SMILES string of the molecule is Cc1cc(Oc2ccc([C@H](C)N)cn2)n(C)n1. The van der Waals surface area contributed by atoms with Crippen molar-refractivity contribution in [2.45, 2.75) is 19.9 Å². The first kappa shape index (κ1) is 11.6. The number of pyridine rings is 1. The maximum atomic E-state index is 5.75. The second kappa shape index (κ2) is 4.55. The molecule has 5 heteroatoms. The Morgan fingerprint density at radius 2 is 2.18 bits per heavy atom. The van der Waals surface area contributed by atoms with Crippen LogP contribution in [-0.4, -0.2) is 14.8 Å². The van der Waals surface area contributed by atoms with Gasteiger partial charge in [0.15, 0.2) is 0 Å². The fourth-order valence-corrected chi connectivity index (χ4v) is 1.51. The van der Waals surface area contributed by atoms with Crippen LogP contribution in [0.5, 0.6) is 11.8 Å². The summed E-state index contributed by atoms with van der Waals surface area (Å²) in [5, 5.41) is 4.20. The van der Waals surface area contributed by atoms with E-state index in [1.54, 1.807) is 16.9 Å². The predicted octanol–water partition coefficient (Wildman–Crippen LogP) is 1.94. The number of rotatable bonds is 3. The van der Waals surface area contributed by atoms with E-state index in [9.17, 15) is 0 Å². The van der Waals surface area contributed by atoms with Crippen LogP contribution in [0.2, 0.25) is 0 Å². The fourth-order valence-electron chi connectivity index (χ4n) is 1.51. The van der Waals surface area contributed by atoms with Crippen molar-refractivity contribution in [2.75, 3.05) is 0 Å². The average Bonchev–Trinajstić information content (AvgIpc) is 2.58. The highest BCUT2D eigenvalue weighted by Crippen LogP contribution is 2.20. The largest absolute Gasteiger partial charge is 0.421 e. The van der Waals surface area contributed by atoms with E-state index in [-0.39, 0.29) is 6.04 Å². The minimum atomic E-state index is -0.0181. The number of aromatic nitrogens is 3. The van der Waals surface area contributed by atoms with E-state index in [4.69, 9.17) is 10.5 Å². The van der Waals surface area contributed by atoms with Crippen molar-refractivity contribution in [3.05, 3.63) is 35.7 Å². The van der Waals surface area contributed by atoms with Crippen molar-refractivity contribution in [1.82, 2.24) is 14.8 Å². The number of hydrogen-bond donors (Lipinski definition) is 1. The lowest BCUT2D eigenvalue weighted by atomic mass is 10.2. The molecule has 0 spiro atoms. The highest BCUT2D eigenvalue weighted by Gasteiger charge is 2.06. The Morgan fingerprint density at radius 1 is 1.41 bits per heavy atom. The molecule has 0 fully saturated rings. The predicted molar refractivity (Wildman–Crippen MR) is 64.9 cm³/mol. The molecule has 0 saturated heterocycles. The maximum Gasteiger partial charge on any atom is 0.221 e. The van der Waals surface area contributed by atoms with Gasteiger partial charge in [0.1, 0.15) is 0 Å². The van der Waals surface area contributed by atoms with Crippen LogP contribution in [0, 0.1) is 6.92 Å². The minimum absolute atomic E-state index is 0.0181. The third-order valence-corrected chi connectivity index (χ3v) is 2.45. The summed E-state index contributed by atoms with van der Waals surface area (Å²) in [6.45, 7) is 3.83. The first-order chi connectivity index (χ1) is 8.06. The lowest BCUT2D eigenvalue weighted by molar-refractivity contribution is 0.415. The molecule has 0 bridgehead atoms. The zero-order valence-corrected chi connectivity index (χ0v) is 10.2. The Labute approximate surface area is 100 Å². The maximum absolute atomic E-state index is 5.75. The zero-order chi connectivity index (χ0) is 12.4. The Bertz CT molecular complexity index is 502. The number of hydrogen-bond acceptors (Lipinski definition) is 4. The van der Waals surface area contributed by atoms with Gasteiger partial charge in [-0.3, -0.25) is 0 Å². The molecule has 0 unspecified atom stereocenters. The Morgan fingerprint density at radius 3 is 2.65 bits per heavy atom. The molecule has 2 aromatic heterocycles. The van der Waals surface area contributed by atoms with Gasteiger partial charge in [-0.15, -0.1) is 0 Å². The van der Waals surface area contributed by atoms with E-state index < -0.39 is 0 Å². The summed E-state index contributed by atoms with van der Waals surface area (Å²) in [6.07, 6.45) is 1.73. The third-order valence-electron chi connectivity index (χ3n) is 2.45. The van der Waals surface area contributed by atoms with Crippen LogP contribution in [0.4, 0.5) is 0 Å². The van der Waals surface area contributed by atoms with Crippen LogP contribution in [0.25, 0.3) is 0 Å². The summed E-state index contributed by atoms with van der Waals surface area (Å²) in [6, 6.07) is 5.56. The van der Waals surface area contributed by atoms with E-state index in [0.717, 1.165) is 11.3 Å². The first-order valence-electron chi connectivity index (χ1n) is 5.46. The number of nitrogens with zero attached hydrogens (tertiary/aromatic N) is 3. The summed E-state index contributed by atoms with van der Waals surface area (Å²) >= 11 is 0. The van der Waals surface area contributed by atoms with E-state index in [1.165, 1.54) is 0 Å². The molecule has 2 heterocycles. The topological polar surface area (TPSA) is 66.0 Å². The van der Waals surface area contributed by atoms with Gasteiger partial charge in [-0.1, -0.05) is 6.07 Å². The van der Waals surface area contributed by atoms with E-state index in [1.807, 2.05) is 33.0 Å². The lowest BCUT2D eigenvalue weighted by Crippen LogP contribution is -2.05. The van der Waals surface area contributed by atoms with E-state index in [0.29, 0.717) is 11.8 Å². The van der Waals surface area contributed by atoms with Gasteiger partial charge >= 0.3 is 0 Å². The third kappa shape index (κ3) is 2.62. The molecule has 2 aromatic rings. The zero-order valence-electron chi connectivity index (χ0n) is 10.2. The highest BCUT2D eigenvalue weighted by molar-refractivity contribution is 5.25. The second-order valence-corrected chi connectivity index (χ2v) is 4.07. The number of ether oxygens (including phenoxy) is 1. The monoisotopic (exact) mass is 232 g/mol. The lowest BCUT2D eigenvalue weighted by Gasteiger charge is -2.07. The summed E-state index contributed by atoms with van der Waals surface area (Å²) in [5.41, 5.74) is 7.65. The van der Waals surface area contributed by atoms with Gasteiger partial charge in [-0.25, -0.2) is 9.67 Å². The first-order valence-corrected chi connectivity index (χ1v) is 5.46. The fraction of sp³-hybridized carbons (Fsp3) is 0.333. The minimum Gasteiger partial charge on any atom is -0.421 e. The van der Waals surface area contributed by atoms with Gasteiger partial charge < -0.3 is 10.5 Å². The van der Waals surface area contributed by atoms with Crippen LogP contribution in [-0.2, 0) is 7.05 Å². The Kier molecular flexibility index (Phi) is 3.10. The molecular formula is C12H16N4O. The Balaban J connectivity index is 2.16. The molecule has 5 nitrogen and oxygen atoms in total.